The summed E-state index contributed by atoms with van der Waals surface area (Å²) in [4.78, 5) is 23.0. The maximum atomic E-state index is 12.0. The van der Waals surface area contributed by atoms with E-state index < -0.39 is 6.10 Å². The smallest absolute Gasteiger partial charge is 0.265 e. The average molecular weight is 298 g/mol. The number of hydrogen-bond acceptors (Lipinski definition) is 3. The van der Waals surface area contributed by atoms with Gasteiger partial charge in [-0.2, -0.15) is 0 Å². The van der Waals surface area contributed by atoms with Crippen LogP contribution < -0.4 is 15.4 Å². The highest BCUT2D eigenvalue weighted by Gasteiger charge is 2.14. The lowest BCUT2D eigenvalue weighted by molar-refractivity contribution is -0.122. The molecule has 22 heavy (non-hydrogen) atoms. The summed E-state index contributed by atoms with van der Waals surface area (Å²) in [6, 6.07) is 16.1. The molecule has 0 fully saturated rings. The Bertz CT molecular complexity index is 639. The van der Waals surface area contributed by atoms with Crippen molar-refractivity contribution in [3.05, 3.63) is 54.6 Å². The van der Waals surface area contributed by atoms with Crippen molar-refractivity contribution in [1.29, 1.82) is 0 Å². The zero-order valence-electron chi connectivity index (χ0n) is 12.5. The van der Waals surface area contributed by atoms with Gasteiger partial charge in [-0.05, 0) is 43.3 Å². The number of benzene rings is 2. The Morgan fingerprint density at radius 2 is 1.50 bits per heavy atom. The lowest BCUT2D eigenvalue weighted by atomic mass is 10.2. The van der Waals surface area contributed by atoms with Gasteiger partial charge in [-0.25, -0.2) is 0 Å². The highest BCUT2D eigenvalue weighted by molar-refractivity contribution is 5.94. The van der Waals surface area contributed by atoms with E-state index in [4.69, 9.17) is 4.74 Å². The quantitative estimate of drug-likeness (QED) is 0.891. The molecular formula is C17H18N2O3. The first-order valence-corrected chi connectivity index (χ1v) is 6.95. The van der Waals surface area contributed by atoms with E-state index in [1.165, 1.54) is 6.92 Å². The van der Waals surface area contributed by atoms with E-state index in [-0.39, 0.29) is 11.8 Å². The molecule has 2 aromatic rings. The van der Waals surface area contributed by atoms with Crippen LogP contribution in [-0.4, -0.2) is 17.9 Å². The van der Waals surface area contributed by atoms with Gasteiger partial charge >= 0.3 is 0 Å². The normalized spacial score (nSPS) is 11.4. The second-order valence-corrected chi connectivity index (χ2v) is 4.82. The molecule has 0 saturated carbocycles. The standard InChI is InChI=1S/C17H18N2O3/c1-12(17(21)19-14-6-4-3-5-7-14)22-16-10-8-15(9-11-16)18-13(2)20/h3-12H,1-2H3,(H,18,20)(H,19,21)/t12-/m1/s1. The molecule has 0 saturated heterocycles. The van der Waals surface area contributed by atoms with Gasteiger partial charge in [-0.15, -0.1) is 0 Å². The molecule has 114 valence electrons. The van der Waals surface area contributed by atoms with Crippen LogP contribution in [0.5, 0.6) is 5.75 Å². The fourth-order valence-electron chi connectivity index (χ4n) is 1.84. The van der Waals surface area contributed by atoms with Gasteiger partial charge in [0.05, 0.1) is 0 Å². The molecule has 5 heteroatoms. The Hall–Kier alpha value is -2.82. The van der Waals surface area contributed by atoms with Crippen molar-refractivity contribution in [2.75, 3.05) is 10.6 Å². The van der Waals surface area contributed by atoms with Crippen molar-refractivity contribution in [2.24, 2.45) is 0 Å². The van der Waals surface area contributed by atoms with Gasteiger partial charge in [-0.3, -0.25) is 9.59 Å². The summed E-state index contributed by atoms with van der Waals surface area (Å²) in [6.07, 6.45) is -0.633. The molecule has 5 nitrogen and oxygen atoms in total. The molecule has 0 heterocycles. The Morgan fingerprint density at radius 1 is 0.909 bits per heavy atom. The fraction of sp³-hybridized carbons (Fsp3) is 0.176. The van der Waals surface area contributed by atoms with Crippen molar-refractivity contribution in [3.63, 3.8) is 0 Å². The van der Waals surface area contributed by atoms with Crippen molar-refractivity contribution in [3.8, 4) is 5.75 Å². The third kappa shape index (κ3) is 4.63. The number of ether oxygens (including phenoxy) is 1. The molecule has 0 bridgehead atoms. The first-order chi connectivity index (χ1) is 10.5. The Morgan fingerprint density at radius 3 is 2.09 bits per heavy atom. The maximum absolute atomic E-state index is 12.0. The van der Waals surface area contributed by atoms with E-state index >= 15 is 0 Å². The number of carbonyl (C=O) groups is 2. The van der Waals surface area contributed by atoms with E-state index in [0.717, 1.165) is 5.69 Å². The number of anilines is 2. The fourth-order valence-corrected chi connectivity index (χ4v) is 1.84. The molecule has 2 amide bonds. The largest absolute Gasteiger partial charge is 0.481 e. The topological polar surface area (TPSA) is 67.4 Å². The number of para-hydroxylation sites is 1. The summed E-state index contributed by atoms with van der Waals surface area (Å²) in [5.41, 5.74) is 1.41. The maximum Gasteiger partial charge on any atom is 0.265 e. The minimum atomic E-state index is -0.633. The summed E-state index contributed by atoms with van der Waals surface area (Å²) in [5.74, 6) is 0.200. The second-order valence-electron chi connectivity index (χ2n) is 4.82. The van der Waals surface area contributed by atoms with Crippen molar-refractivity contribution >= 4 is 23.2 Å². The molecule has 0 aromatic heterocycles. The minimum Gasteiger partial charge on any atom is -0.481 e. The van der Waals surface area contributed by atoms with E-state index in [1.807, 2.05) is 30.3 Å². The first-order valence-electron chi connectivity index (χ1n) is 6.95. The van der Waals surface area contributed by atoms with Gasteiger partial charge in [0.15, 0.2) is 6.10 Å². The summed E-state index contributed by atoms with van der Waals surface area (Å²) in [7, 11) is 0. The zero-order chi connectivity index (χ0) is 15.9. The number of rotatable bonds is 5. The highest BCUT2D eigenvalue weighted by atomic mass is 16.5. The van der Waals surface area contributed by atoms with E-state index in [2.05, 4.69) is 10.6 Å². The van der Waals surface area contributed by atoms with Gasteiger partial charge in [0.1, 0.15) is 5.75 Å². The summed E-state index contributed by atoms with van der Waals surface area (Å²) < 4.78 is 5.58. The lowest BCUT2D eigenvalue weighted by Gasteiger charge is -2.15. The predicted molar refractivity (Wildman–Crippen MR) is 85.9 cm³/mol. The molecular weight excluding hydrogens is 280 g/mol. The SMILES string of the molecule is CC(=O)Nc1ccc(O[C@H](C)C(=O)Nc2ccccc2)cc1. The molecule has 2 aromatic carbocycles. The van der Waals surface area contributed by atoms with Crippen LogP contribution >= 0.6 is 0 Å². The van der Waals surface area contributed by atoms with Gasteiger partial charge in [-0.1, -0.05) is 18.2 Å². The minimum absolute atomic E-state index is 0.135. The molecule has 0 aliphatic rings. The molecule has 0 spiro atoms. The number of hydrogen-bond donors (Lipinski definition) is 2. The van der Waals surface area contributed by atoms with Crippen molar-refractivity contribution in [2.45, 2.75) is 20.0 Å². The Balaban J connectivity index is 1.92. The van der Waals surface area contributed by atoms with Gasteiger partial charge < -0.3 is 15.4 Å². The Labute approximate surface area is 129 Å². The molecule has 2 N–H and O–H groups in total. The third-order valence-electron chi connectivity index (χ3n) is 2.90. The monoisotopic (exact) mass is 298 g/mol. The Kier molecular flexibility index (Phi) is 5.14. The van der Waals surface area contributed by atoms with Gasteiger partial charge in [0.2, 0.25) is 5.91 Å². The van der Waals surface area contributed by atoms with Gasteiger partial charge in [0.25, 0.3) is 5.91 Å². The number of nitrogens with one attached hydrogen (secondary N) is 2. The molecule has 2 rings (SSSR count). The molecule has 0 radical (unpaired) electrons. The predicted octanol–water partition coefficient (Wildman–Crippen LogP) is 3.05. The highest BCUT2D eigenvalue weighted by Crippen LogP contribution is 2.17. The zero-order valence-corrected chi connectivity index (χ0v) is 12.5. The van der Waals surface area contributed by atoms with Gasteiger partial charge in [0, 0.05) is 18.3 Å². The van der Waals surface area contributed by atoms with Crippen LogP contribution in [0.1, 0.15) is 13.8 Å². The third-order valence-corrected chi connectivity index (χ3v) is 2.90. The van der Waals surface area contributed by atoms with Crippen LogP contribution in [0.3, 0.4) is 0 Å². The molecule has 0 aliphatic heterocycles. The van der Waals surface area contributed by atoms with Crippen LogP contribution in [0.4, 0.5) is 11.4 Å². The first kappa shape index (κ1) is 15.6. The van der Waals surface area contributed by atoms with Crippen LogP contribution in [0.25, 0.3) is 0 Å². The summed E-state index contributed by atoms with van der Waals surface area (Å²) in [6.45, 7) is 3.13. The van der Waals surface area contributed by atoms with E-state index in [1.54, 1.807) is 31.2 Å². The molecule has 0 aliphatic carbocycles. The van der Waals surface area contributed by atoms with Crippen LogP contribution in [-0.2, 0) is 9.59 Å². The molecule has 1 atom stereocenters. The van der Waals surface area contributed by atoms with Crippen molar-refractivity contribution < 1.29 is 14.3 Å². The van der Waals surface area contributed by atoms with E-state index in [9.17, 15) is 9.59 Å². The lowest BCUT2D eigenvalue weighted by Crippen LogP contribution is -2.30. The summed E-state index contributed by atoms with van der Waals surface area (Å²) >= 11 is 0. The van der Waals surface area contributed by atoms with Crippen LogP contribution in [0.2, 0.25) is 0 Å². The molecule has 0 unspecified atom stereocenters. The number of amides is 2. The number of carbonyl (C=O) groups excluding carboxylic acids is 2. The van der Waals surface area contributed by atoms with Crippen LogP contribution in [0, 0.1) is 0 Å². The van der Waals surface area contributed by atoms with Crippen molar-refractivity contribution in [1.82, 2.24) is 0 Å². The van der Waals surface area contributed by atoms with E-state index in [0.29, 0.717) is 11.4 Å². The second kappa shape index (κ2) is 7.26. The van der Waals surface area contributed by atoms with Crippen LogP contribution in [0.15, 0.2) is 54.6 Å². The summed E-state index contributed by atoms with van der Waals surface area (Å²) in [5, 5.41) is 5.45. The average Bonchev–Trinajstić information content (AvgIpc) is 2.49.